The topological polar surface area (TPSA) is 44.7 Å². The third-order valence-electron chi connectivity index (χ3n) is 4.08. The Hall–Kier alpha value is -2.53. The number of nitrogens with zero attached hydrogens (tertiary/aromatic N) is 2. The Balaban J connectivity index is 1.79. The van der Waals surface area contributed by atoms with Crippen molar-refractivity contribution in [1.82, 2.24) is 5.32 Å². The highest BCUT2D eigenvalue weighted by Gasteiger charge is 2.23. The predicted molar refractivity (Wildman–Crippen MR) is 107 cm³/mol. The smallest absolute Gasteiger partial charge is 0.264 e. The lowest BCUT2D eigenvalue weighted by Gasteiger charge is -2.11. The van der Waals surface area contributed by atoms with Gasteiger partial charge >= 0.3 is 0 Å². The molecule has 0 saturated carbocycles. The number of aryl methyl sites for hydroxylation is 2. The summed E-state index contributed by atoms with van der Waals surface area (Å²) in [5.74, 6) is -0.107. The minimum absolute atomic E-state index is 0.107. The molecule has 0 aliphatic carbocycles. The SMILES string of the molecule is Cc1ccc(N=C2NC(=O)C(=Cc3ccc(N(C)C)cc3)S2)cc1C. The molecule has 1 fully saturated rings. The number of anilines is 1. The van der Waals surface area contributed by atoms with Crippen molar-refractivity contribution in [1.29, 1.82) is 0 Å². The summed E-state index contributed by atoms with van der Waals surface area (Å²) in [7, 11) is 4.01. The summed E-state index contributed by atoms with van der Waals surface area (Å²) in [5.41, 5.74) is 5.39. The van der Waals surface area contributed by atoms with Gasteiger partial charge in [0, 0.05) is 19.8 Å². The van der Waals surface area contributed by atoms with E-state index in [0.29, 0.717) is 10.1 Å². The number of hydrogen-bond acceptors (Lipinski definition) is 4. The maximum Gasteiger partial charge on any atom is 0.264 e. The van der Waals surface area contributed by atoms with Gasteiger partial charge in [-0.05, 0) is 72.6 Å². The van der Waals surface area contributed by atoms with Crippen LogP contribution in [0.4, 0.5) is 11.4 Å². The third-order valence-corrected chi connectivity index (χ3v) is 4.99. The fourth-order valence-electron chi connectivity index (χ4n) is 2.41. The first-order chi connectivity index (χ1) is 11.9. The fraction of sp³-hybridized carbons (Fsp3) is 0.200. The molecule has 1 saturated heterocycles. The van der Waals surface area contributed by atoms with Gasteiger partial charge in [-0.1, -0.05) is 18.2 Å². The Labute approximate surface area is 152 Å². The Bertz CT molecular complexity index is 867. The molecule has 25 heavy (non-hydrogen) atoms. The zero-order valence-corrected chi connectivity index (χ0v) is 15.6. The molecule has 0 spiro atoms. The van der Waals surface area contributed by atoms with Crippen LogP contribution in [0.15, 0.2) is 52.4 Å². The second-order valence-electron chi connectivity index (χ2n) is 6.24. The highest BCUT2D eigenvalue weighted by atomic mass is 32.2. The van der Waals surface area contributed by atoms with Crippen molar-refractivity contribution >= 4 is 40.3 Å². The summed E-state index contributed by atoms with van der Waals surface area (Å²) in [6, 6.07) is 14.1. The van der Waals surface area contributed by atoms with Crippen LogP contribution in [0.25, 0.3) is 6.08 Å². The van der Waals surface area contributed by atoms with Crippen LogP contribution in [0.3, 0.4) is 0 Å². The third kappa shape index (κ3) is 4.12. The van der Waals surface area contributed by atoms with E-state index >= 15 is 0 Å². The van der Waals surface area contributed by atoms with Crippen molar-refractivity contribution < 1.29 is 4.79 Å². The molecule has 1 amide bonds. The number of nitrogens with one attached hydrogen (secondary N) is 1. The van der Waals surface area contributed by atoms with Gasteiger partial charge in [0.1, 0.15) is 0 Å². The molecular formula is C20H21N3OS. The minimum Gasteiger partial charge on any atom is -0.378 e. The van der Waals surface area contributed by atoms with Crippen molar-refractivity contribution in [2.24, 2.45) is 4.99 Å². The van der Waals surface area contributed by atoms with Crippen molar-refractivity contribution in [2.75, 3.05) is 19.0 Å². The number of aliphatic imine (C=N–C) groups is 1. The monoisotopic (exact) mass is 351 g/mol. The molecule has 2 aromatic rings. The summed E-state index contributed by atoms with van der Waals surface area (Å²) >= 11 is 1.37. The van der Waals surface area contributed by atoms with Gasteiger partial charge in [-0.2, -0.15) is 0 Å². The lowest BCUT2D eigenvalue weighted by atomic mass is 10.1. The number of benzene rings is 2. The summed E-state index contributed by atoms with van der Waals surface area (Å²) in [4.78, 5) is 19.4. The Morgan fingerprint density at radius 2 is 1.76 bits per heavy atom. The van der Waals surface area contributed by atoms with Gasteiger partial charge in [-0.25, -0.2) is 4.99 Å². The molecule has 0 bridgehead atoms. The summed E-state index contributed by atoms with van der Waals surface area (Å²) in [6.07, 6.45) is 1.89. The van der Waals surface area contributed by atoms with E-state index in [2.05, 4.69) is 24.2 Å². The molecule has 0 aromatic heterocycles. The molecule has 2 aromatic carbocycles. The van der Waals surface area contributed by atoms with Gasteiger partial charge in [0.25, 0.3) is 5.91 Å². The standard InChI is InChI=1S/C20H21N3OS/c1-13-5-8-16(11-14(13)2)21-20-22-19(24)18(25-20)12-15-6-9-17(10-7-15)23(3)4/h5-12H,1-4H3,(H,21,22,24). The maximum atomic E-state index is 12.2. The molecule has 0 unspecified atom stereocenters. The number of carbonyl (C=O) groups excluding carboxylic acids is 1. The van der Waals surface area contributed by atoms with Gasteiger partial charge in [0.05, 0.1) is 10.6 Å². The normalized spacial score (nSPS) is 17.2. The van der Waals surface area contributed by atoms with Crippen LogP contribution in [0.2, 0.25) is 0 Å². The molecule has 3 rings (SSSR count). The van der Waals surface area contributed by atoms with E-state index in [1.807, 2.05) is 67.5 Å². The van der Waals surface area contributed by atoms with Gasteiger partial charge in [0.15, 0.2) is 5.17 Å². The average Bonchev–Trinajstić information content (AvgIpc) is 2.91. The summed E-state index contributed by atoms with van der Waals surface area (Å²) < 4.78 is 0. The number of rotatable bonds is 3. The molecule has 1 aliphatic rings. The minimum atomic E-state index is -0.107. The molecule has 1 heterocycles. The molecular weight excluding hydrogens is 330 g/mol. The van der Waals surface area contributed by atoms with Crippen molar-refractivity contribution in [3.8, 4) is 0 Å². The lowest BCUT2D eigenvalue weighted by molar-refractivity contribution is -0.115. The number of thioether (sulfide) groups is 1. The molecule has 1 N–H and O–H groups in total. The second kappa shape index (κ2) is 7.15. The highest BCUT2D eigenvalue weighted by molar-refractivity contribution is 8.18. The van der Waals surface area contributed by atoms with Gasteiger partial charge in [-0.15, -0.1) is 0 Å². The van der Waals surface area contributed by atoms with Crippen LogP contribution in [0.5, 0.6) is 0 Å². The van der Waals surface area contributed by atoms with E-state index in [0.717, 1.165) is 16.9 Å². The largest absolute Gasteiger partial charge is 0.378 e. The maximum absolute atomic E-state index is 12.2. The first-order valence-electron chi connectivity index (χ1n) is 8.06. The summed E-state index contributed by atoms with van der Waals surface area (Å²) in [6.45, 7) is 4.13. The second-order valence-corrected chi connectivity index (χ2v) is 7.27. The van der Waals surface area contributed by atoms with Gasteiger partial charge < -0.3 is 10.2 Å². The van der Waals surface area contributed by atoms with E-state index in [9.17, 15) is 4.79 Å². The number of hydrogen-bond donors (Lipinski definition) is 1. The van der Waals surface area contributed by atoms with E-state index in [4.69, 9.17) is 0 Å². The van der Waals surface area contributed by atoms with Crippen LogP contribution >= 0.6 is 11.8 Å². The number of amidine groups is 1. The Morgan fingerprint density at radius 3 is 2.40 bits per heavy atom. The lowest BCUT2D eigenvalue weighted by Crippen LogP contribution is -2.19. The molecule has 1 aliphatic heterocycles. The van der Waals surface area contributed by atoms with Gasteiger partial charge in [0.2, 0.25) is 0 Å². The van der Waals surface area contributed by atoms with Gasteiger partial charge in [-0.3, -0.25) is 4.79 Å². The molecule has 5 heteroatoms. The first kappa shape index (κ1) is 17.3. The predicted octanol–water partition coefficient (Wildman–Crippen LogP) is 4.26. The van der Waals surface area contributed by atoms with Crippen LogP contribution in [0.1, 0.15) is 16.7 Å². The fourth-order valence-corrected chi connectivity index (χ4v) is 3.25. The Kier molecular flexibility index (Phi) is 4.95. The van der Waals surface area contributed by atoms with Crippen LogP contribution < -0.4 is 10.2 Å². The van der Waals surface area contributed by atoms with E-state index in [-0.39, 0.29) is 5.91 Å². The van der Waals surface area contributed by atoms with E-state index in [1.165, 1.54) is 22.9 Å². The van der Waals surface area contributed by atoms with Crippen LogP contribution in [0, 0.1) is 13.8 Å². The molecule has 0 atom stereocenters. The molecule has 0 radical (unpaired) electrons. The zero-order chi connectivity index (χ0) is 18.0. The molecule has 4 nitrogen and oxygen atoms in total. The average molecular weight is 351 g/mol. The summed E-state index contributed by atoms with van der Waals surface area (Å²) in [5, 5.41) is 3.45. The first-order valence-corrected chi connectivity index (χ1v) is 8.88. The van der Waals surface area contributed by atoms with Crippen molar-refractivity contribution in [2.45, 2.75) is 13.8 Å². The van der Waals surface area contributed by atoms with Crippen molar-refractivity contribution in [3.63, 3.8) is 0 Å². The van der Waals surface area contributed by atoms with E-state index < -0.39 is 0 Å². The van der Waals surface area contributed by atoms with E-state index in [1.54, 1.807) is 0 Å². The number of amides is 1. The number of carbonyl (C=O) groups is 1. The molecule has 128 valence electrons. The highest BCUT2D eigenvalue weighted by Crippen LogP contribution is 2.29. The zero-order valence-electron chi connectivity index (χ0n) is 14.8. The van der Waals surface area contributed by atoms with Crippen molar-refractivity contribution in [3.05, 3.63) is 64.1 Å². The Morgan fingerprint density at radius 1 is 1.04 bits per heavy atom. The quantitative estimate of drug-likeness (QED) is 0.840. The van der Waals surface area contributed by atoms with Crippen LogP contribution in [-0.2, 0) is 4.79 Å². The van der Waals surface area contributed by atoms with Crippen LogP contribution in [-0.4, -0.2) is 25.2 Å².